The Bertz CT molecular complexity index is 2410. The van der Waals surface area contributed by atoms with Gasteiger partial charge >= 0.3 is 0 Å². The highest BCUT2D eigenvalue weighted by Crippen LogP contribution is 2.56. The second kappa shape index (κ2) is 12.4. The van der Waals surface area contributed by atoms with E-state index >= 15 is 0 Å². The van der Waals surface area contributed by atoms with Gasteiger partial charge in [0.15, 0.2) is 17.1 Å². The normalized spacial score (nSPS) is 22.6. The standard InChI is InChI=1S/C42H29BrN2O7/c43-31-20-34(47)38-30(39(31)48)19-29-26(36(38)27-15-14-25(18-33(27)46)51-21-22-6-2-1-3-7-22)16-17-28-37(29)42(50)45(41(28)49)24-12-10-23(11-13-24)40-44-32-8-4-5-9-35(32)52-40/h1-16,18,20,28-29,36-37,46H,17,19,21H2/t28-,29+,36+,37-/m0/s1. The number of nitrogens with zero attached hydrogens (tertiary/aromatic N) is 2. The zero-order valence-corrected chi connectivity index (χ0v) is 29.1. The molecule has 3 aliphatic carbocycles. The molecule has 9 nitrogen and oxygen atoms in total. The van der Waals surface area contributed by atoms with Gasteiger partial charge in [0.05, 0.1) is 22.0 Å². The highest BCUT2D eigenvalue weighted by atomic mass is 79.9. The van der Waals surface area contributed by atoms with Gasteiger partial charge in [-0.15, -0.1) is 0 Å². The predicted octanol–water partition coefficient (Wildman–Crippen LogP) is 7.75. The van der Waals surface area contributed by atoms with Crippen LogP contribution in [-0.2, 0) is 25.8 Å². The number of hydrogen-bond donors (Lipinski definition) is 1. The Morgan fingerprint density at radius 3 is 2.42 bits per heavy atom. The maximum atomic E-state index is 14.4. The molecular formula is C42H29BrN2O7. The van der Waals surface area contributed by atoms with Crippen LogP contribution in [0.15, 0.2) is 135 Å². The third-order valence-electron chi connectivity index (χ3n) is 10.6. The monoisotopic (exact) mass is 752 g/mol. The summed E-state index contributed by atoms with van der Waals surface area (Å²) in [7, 11) is 0. The van der Waals surface area contributed by atoms with Gasteiger partial charge in [-0.2, -0.15) is 0 Å². The first kappa shape index (κ1) is 32.1. The van der Waals surface area contributed by atoms with Crippen LogP contribution in [0.1, 0.15) is 29.9 Å². The summed E-state index contributed by atoms with van der Waals surface area (Å²) in [4.78, 5) is 61.5. The summed E-state index contributed by atoms with van der Waals surface area (Å²) in [5.41, 5.74) is 5.21. The number of carbonyl (C=O) groups is 4. The Hall–Kier alpha value is -5.87. The number of hydrogen-bond acceptors (Lipinski definition) is 8. The number of carbonyl (C=O) groups excluding carboxylic acids is 4. The van der Waals surface area contributed by atoms with E-state index in [4.69, 9.17) is 9.15 Å². The number of benzene rings is 4. The molecule has 0 spiro atoms. The molecule has 4 aromatic carbocycles. The highest BCUT2D eigenvalue weighted by Gasteiger charge is 2.57. The first-order chi connectivity index (χ1) is 25.3. The minimum atomic E-state index is -0.793. The van der Waals surface area contributed by atoms with Crippen molar-refractivity contribution in [3.63, 3.8) is 0 Å². The van der Waals surface area contributed by atoms with Crippen molar-refractivity contribution in [2.75, 3.05) is 4.90 Å². The zero-order valence-electron chi connectivity index (χ0n) is 27.5. The van der Waals surface area contributed by atoms with Gasteiger partial charge < -0.3 is 14.3 Å². The van der Waals surface area contributed by atoms with Gasteiger partial charge in [0.1, 0.15) is 23.6 Å². The van der Waals surface area contributed by atoms with Crippen LogP contribution in [-0.4, -0.2) is 33.5 Å². The molecule has 0 radical (unpaired) electrons. The number of para-hydroxylation sites is 2. The van der Waals surface area contributed by atoms with Crippen LogP contribution in [0.5, 0.6) is 11.5 Å². The SMILES string of the molecule is O=C1C=C(Br)C(=O)C2=C1[C@@H](c1ccc(OCc3ccccc3)cc1O)C1=CC[C@@H]3C(=O)N(c4ccc(-c5nc6ccccc6o5)cc4)C(=O)[C@@H]3[C@@H]1C2. The molecule has 4 aliphatic rings. The van der Waals surface area contributed by atoms with Crippen molar-refractivity contribution < 1.29 is 33.4 Å². The first-order valence-corrected chi connectivity index (χ1v) is 17.8. The van der Waals surface area contributed by atoms with Gasteiger partial charge in [-0.25, -0.2) is 4.98 Å². The predicted molar refractivity (Wildman–Crippen MR) is 195 cm³/mol. The van der Waals surface area contributed by atoms with E-state index < -0.39 is 23.7 Å². The number of aromatic hydroxyl groups is 1. The van der Waals surface area contributed by atoms with E-state index in [2.05, 4.69) is 20.9 Å². The van der Waals surface area contributed by atoms with Crippen molar-refractivity contribution in [3.8, 4) is 23.0 Å². The number of phenols is 1. The number of rotatable bonds is 6. The average Bonchev–Trinajstić information content (AvgIpc) is 3.71. The van der Waals surface area contributed by atoms with E-state index in [9.17, 15) is 24.3 Å². The molecule has 9 rings (SSSR count). The minimum absolute atomic E-state index is 0.102. The van der Waals surface area contributed by atoms with Crippen LogP contribution in [0.3, 0.4) is 0 Å². The summed E-state index contributed by atoms with van der Waals surface area (Å²) in [6.45, 7) is 0.298. The molecule has 1 aromatic heterocycles. The van der Waals surface area contributed by atoms with Crippen molar-refractivity contribution in [1.82, 2.24) is 4.98 Å². The summed E-state index contributed by atoms with van der Waals surface area (Å²) in [6.07, 6.45) is 3.59. The van der Waals surface area contributed by atoms with Crippen LogP contribution in [0.4, 0.5) is 5.69 Å². The van der Waals surface area contributed by atoms with Crippen molar-refractivity contribution >= 4 is 56.1 Å². The van der Waals surface area contributed by atoms with E-state index in [0.717, 1.165) is 16.7 Å². The minimum Gasteiger partial charge on any atom is -0.507 e. The summed E-state index contributed by atoms with van der Waals surface area (Å²) in [5.74, 6) is -3.34. The summed E-state index contributed by atoms with van der Waals surface area (Å²) >= 11 is 3.27. The second-order valence-corrected chi connectivity index (χ2v) is 14.3. The number of halogens is 1. The van der Waals surface area contributed by atoms with Crippen molar-refractivity contribution in [3.05, 3.63) is 142 Å². The number of amides is 2. The average molecular weight is 754 g/mol. The highest BCUT2D eigenvalue weighted by molar-refractivity contribution is 9.12. The first-order valence-electron chi connectivity index (χ1n) is 17.0. The fraction of sp³-hybridized carbons (Fsp3) is 0.167. The molecule has 1 aliphatic heterocycles. The van der Waals surface area contributed by atoms with Gasteiger partial charge in [0.25, 0.3) is 0 Å². The number of anilines is 1. The molecule has 1 N–H and O–H groups in total. The van der Waals surface area contributed by atoms with Crippen molar-refractivity contribution in [2.24, 2.45) is 17.8 Å². The Morgan fingerprint density at radius 2 is 1.65 bits per heavy atom. The lowest BCUT2D eigenvalue weighted by molar-refractivity contribution is -0.123. The number of ketones is 2. The Balaban J connectivity index is 1.05. The van der Waals surface area contributed by atoms with E-state index in [1.54, 1.807) is 36.4 Å². The fourth-order valence-corrected chi connectivity index (χ4v) is 8.61. The summed E-state index contributed by atoms with van der Waals surface area (Å²) < 4.78 is 12.0. The number of fused-ring (bicyclic) bond motifs is 4. The van der Waals surface area contributed by atoms with Crippen LogP contribution in [0.25, 0.3) is 22.6 Å². The van der Waals surface area contributed by atoms with E-state index in [0.29, 0.717) is 40.6 Å². The third-order valence-corrected chi connectivity index (χ3v) is 11.1. The molecule has 52 heavy (non-hydrogen) atoms. The number of aromatic nitrogens is 1. The quantitative estimate of drug-likeness (QED) is 0.106. The molecule has 0 bridgehead atoms. The van der Waals surface area contributed by atoms with E-state index in [1.807, 2.05) is 60.7 Å². The molecule has 10 heteroatoms. The Kier molecular flexibility index (Phi) is 7.66. The summed E-state index contributed by atoms with van der Waals surface area (Å²) in [6, 6.07) is 29.0. The fourth-order valence-electron chi connectivity index (χ4n) is 8.16. The smallest absolute Gasteiger partial charge is 0.238 e. The van der Waals surface area contributed by atoms with Crippen LogP contribution >= 0.6 is 15.9 Å². The van der Waals surface area contributed by atoms with Gasteiger partial charge in [0.2, 0.25) is 17.7 Å². The maximum Gasteiger partial charge on any atom is 0.238 e. The number of ether oxygens (including phenoxy) is 1. The zero-order chi connectivity index (χ0) is 35.7. The second-order valence-electron chi connectivity index (χ2n) is 13.4. The number of Topliss-reactive ketones (excluding diaryl/α,β-unsaturated/α-hetero) is 1. The molecule has 0 unspecified atom stereocenters. The lowest BCUT2D eigenvalue weighted by Crippen LogP contribution is -2.39. The molecule has 2 heterocycles. The molecular weight excluding hydrogens is 724 g/mol. The molecule has 256 valence electrons. The van der Waals surface area contributed by atoms with Gasteiger partial charge in [-0.05, 0) is 82.7 Å². The van der Waals surface area contributed by atoms with Gasteiger partial charge in [-0.1, -0.05) is 60.2 Å². The lowest BCUT2D eigenvalue weighted by Gasteiger charge is -2.42. The summed E-state index contributed by atoms with van der Waals surface area (Å²) in [5, 5.41) is 11.5. The molecule has 1 saturated heterocycles. The molecule has 2 amide bonds. The van der Waals surface area contributed by atoms with Crippen LogP contribution in [0, 0.1) is 17.8 Å². The molecule has 5 aromatic rings. The number of oxazole rings is 1. The molecule has 0 saturated carbocycles. The number of imide groups is 1. The maximum absolute atomic E-state index is 14.4. The number of phenolic OH excluding ortho intramolecular Hbond substituents is 1. The Morgan fingerprint density at radius 1 is 0.885 bits per heavy atom. The van der Waals surface area contributed by atoms with E-state index in [1.165, 1.54) is 17.0 Å². The van der Waals surface area contributed by atoms with Gasteiger partial charge in [0, 0.05) is 40.3 Å². The number of allylic oxidation sites excluding steroid dienone is 6. The van der Waals surface area contributed by atoms with Crippen molar-refractivity contribution in [1.29, 1.82) is 0 Å². The largest absolute Gasteiger partial charge is 0.507 e. The topological polar surface area (TPSA) is 127 Å². The van der Waals surface area contributed by atoms with Crippen molar-refractivity contribution in [2.45, 2.75) is 25.4 Å². The Labute approximate surface area is 306 Å². The van der Waals surface area contributed by atoms with Gasteiger partial charge in [-0.3, -0.25) is 24.1 Å². The third kappa shape index (κ3) is 5.16. The lowest BCUT2D eigenvalue weighted by atomic mass is 9.59. The van der Waals surface area contributed by atoms with E-state index in [-0.39, 0.29) is 57.6 Å². The van der Waals surface area contributed by atoms with Crippen LogP contribution < -0.4 is 9.64 Å². The van der Waals surface area contributed by atoms with Crippen LogP contribution in [0.2, 0.25) is 0 Å². The molecule has 1 fully saturated rings. The molecule has 4 atom stereocenters.